The molecule has 28 heavy (non-hydrogen) atoms. The minimum Gasteiger partial charge on any atom is -0.355 e. The van der Waals surface area contributed by atoms with Gasteiger partial charge in [0.2, 0.25) is 0 Å². The van der Waals surface area contributed by atoms with E-state index >= 15 is 0 Å². The minimum atomic E-state index is -1.05. The summed E-state index contributed by atoms with van der Waals surface area (Å²) in [7, 11) is 3.51. The minimum absolute atomic E-state index is 0.133. The van der Waals surface area contributed by atoms with E-state index in [1.54, 1.807) is 26.1 Å². The van der Waals surface area contributed by atoms with Crippen LogP contribution in [0.2, 0.25) is 0 Å². The van der Waals surface area contributed by atoms with Gasteiger partial charge < -0.3 is 15.5 Å². The third-order valence-corrected chi connectivity index (χ3v) is 5.00. The second kappa shape index (κ2) is 7.82. The van der Waals surface area contributed by atoms with Crippen molar-refractivity contribution in [1.29, 1.82) is 0 Å². The summed E-state index contributed by atoms with van der Waals surface area (Å²) in [6, 6.07) is 16.2. The van der Waals surface area contributed by atoms with Crippen LogP contribution in [0.15, 0.2) is 54.6 Å². The molecule has 0 spiro atoms. The number of nitrogens with one attached hydrogen (secondary N) is 3. The maximum atomic E-state index is 13.0. The standard InChI is InChI=1S/C21H24N4O3/c1-21(17-7-5-4-6-8-17)19(27)25(20(28)23-21)14-24(3)13-15-9-11-16(12-10-15)18(26)22-2/h4-12H,13-14H2,1-3H3,(H,22,26)(H,23,28)/p+1/t21-/m0/s1. The van der Waals surface area contributed by atoms with Gasteiger partial charge in [0.15, 0.2) is 6.67 Å². The Balaban J connectivity index is 1.67. The number of amides is 4. The fourth-order valence-corrected chi connectivity index (χ4v) is 3.40. The Hall–Kier alpha value is -3.19. The van der Waals surface area contributed by atoms with E-state index in [2.05, 4.69) is 10.6 Å². The van der Waals surface area contributed by atoms with Gasteiger partial charge in [0.05, 0.1) is 7.05 Å². The van der Waals surface area contributed by atoms with Crippen LogP contribution in [0.3, 0.4) is 0 Å². The number of carbonyl (C=O) groups excluding carboxylic acids is 3. The Morgan fingerprint density at radius 3 is 2.36 bits per heavy atom. The monoisotopic (exact) mass is 381 g/mol. The van der Waals surface area contributed by atoms with Crippen molar-refractivity contribution in [2.24, 2.45) is 0 Å². The molecule has 0 bridgehead atoms. The summed E-state index contributed by atoms with van der Waals surface area (Å²) in [6.07, 6.45) is 0. The van der Waals surface area contributed by atoms with Crippen molar-refractivity contribution in [3.8, 4) is 0 Å². The Bertz CT molecular complexity index is 882. The van der Waals surface area contributed by atoms with Gasteiger partial charge in [0.25, 0.3) is 11.8 Å². The molecule has 0 radical (unpaired) electrons. The van der Waals surface area contributed by atoms with Crippen molar-refractivity contribution < 1.29 is 19.3 Å². The third kappa shape index (κ3) is 3.75. The SMILES string of the molecule is CNC(=O)c1ccc(C[NH+](C)CN2C(=O)N[C@@](C)(c3ccccc3)C2=O)cc1. The summed E-state index contributed by atoms with van der Waals surface area (Å²) >= 11 is 0. The van der Waals surface area contributed by atoms with Gasteiger partial charge in [-0.15, -0.1) is 0 Å². The number of carbonyl (C=O) groups is 3. The molecule has 7 heteroatoms. The van der Waals surface area contributed by atoms with Gasteiger partial charge in [0.1, 0.15) is 12.1 Å². The highest BCUT2D eigenvalue weighted by Crippen LogP contribution is 2.27. The topological polar surface area (TPSA) is 82.9 Å². The van der Waals surface area contributed by atoms with Crippen LogP contribution in [-0.4, -0.2) is 43.5 Å². The van der Waals surface area contributed by atoms with Gasteiger partial charge in [0, 0.05) is 18.2 Å². The highest BCUT2D eigenvalue weighted by molar-refractivity contribution is 6.07. The van der Waals surface area contributed by atoms with E-state index in [1.165, 1.54) is 4.90 Å². The Labute approximate surface area is 164 Å². The first kappa shape index (κ1) is 19.6. The number of nitrogens with zero attached hydrogens (tertiary/aromatic N) is 1. The van der Waals surface area contributed by atoms with E-state index in [4.69, 9.17) is 0 Å². The molecule has 4 amide bonds. The Morgan fingerprint density at radius 2 is 1.75 bits per heavy atom. The lowest BCUT2D eigenvalue weighted by Crippen LogP contribution is -3.09. The number of imide groups is 1. The predicted octanol–water partition coefficient (Wildman–Crippen LogP) is 0.486. The maximum absolute atomic E-state index is 13.0. The summed E-state index contributed by atoms with van der Waals surface area (Å²) in [5, 5.41) is 5.41. The summed E-state index contributed by atoms with van der Waals surface area (Å²) in [5.41, 5.74) is 1.33. The van der Waals surface area contributed by atoms with Crippen LogP contribution in [0.25, 0.3) is 0 Å². The number of rotatable bonds is 6. The molecule has 3 N–H and O–H groups in total. The molecule has 0 aliphatic carbocycles. The van der Waals surface area contributed by atoms with E-state index in [-0.39, 0.29) is 24.5 Å². The summed E-state index contributed by atoms with van der Waals surface area (Å²) < 4.78 is 0. The third-order valence-electron chi connectivity index (χ3n) is 5.00. The summed E-state index contributed by atoms with van der Waals surface area (Å²) in [4.78, 5) is 39.3. The van der Waals surface area contributed by atoms with Crippen LogP contribution in [0, 0.1) is 0 Å². The molecular weight excluding hydrogens is 356 g/mol. The quantitative estimate of drug-likeness (QED) is 0.637. The molecule has 1 unspecified atom stereocenters. The molecule has 2 aromatic carbocycles. The molecule has 0 aromatic heterocycles. The number of benzene rings is 2. The first-order chi connectivity index (χ1) is 13.3. The van der Waals surface area contributed by atoms with E-state index in [0.29, 0.717) is 12.1 Å². The van der Waals surface area contributed by atoms with Gasteiger partial charge in [-0.2, -0.15) is 0 Å². The van der Waals surface area contributed by atoms with Crippen LogP contribution >= 0.6 is 0 Å². The lowest BCUT2D eigenvalue weighted by molar-refractivity contribution is -0.901. The van der Waals surface area contributed by atoms with E-state index < -0.39 is 5.54 Å². The zero-order valence-electron chi connectivity index (χ0n) is 16.3. The predicted molar refractivity (Wildman–Crippen MR) is 104 cm³/mol. The molecule has 1 aliphatic rings. The second-order valence-electron chi connectivity index (χ2n) is 7.22. The Morgan fingerprint density at radius 1 is 1.11 bits per heavy atom. The zero-order chi connectivity index (χ0) is 20.3. The van der Waals surface area contributed by atoms with Crippen LogP contribution in [-0.2, 0) is 16.9 Å². The van der Waals surface area contributed by atoms with Crippen molar-refractivity contribution in [3.63, 3.8) is 0 Å². The van der Waals surface area contributed by atoms with E-state index in [9.17, 15) is 14.4 Å². The molecule has 0 saturated carbocycles. The van der Waals surface area contributed by atoms with Crippen LogP contribution in [0.1, 0.15) is 28.4 Å². The maximum Gasteiger partial charge on any atom is 0.329 e. The van der Waals surface area contributed by atoms with Crippen molar-refractivity contribution in [3.05, 3.63) is 71.3 Å². The average Bonchev–Trinajstić information content (AvgIpc) is 2.92. The fourth-order valence-electron chi connectivity index (χ4n) is 3.40. The largest absolute Gasteiger partial charge is 0.355 e. The molecule has 146 valence electrons. The van der Waals surface area contributed by atoms with Gasteiger partial charge in [-0.3, -0.25) is 9.59 Å². The van der Waals surface area contributed by atoms with Crippen molar-refractivity contribution >= 4 is 17.8 Å². The molecule has 1 heterocycles. The first-order valence-electron chi connectivity index (χ1n) is 9.17. The fraction of sp³-hybridized carbons (Fsp3) is 0.286. The highest BCUT2D eigenvalue weighted by atomic mass is 16.2. The molecule has 1 fully saturated rings. The Kier molecular flexibility index (Phi) is 5.46. The number of urea groups is 1. The van der Waals surface area contributed by atoms with Gasteiger partial charge >= 0.3 is 6.03 Å². The van der Waals surface area contributed by atoms with Gasteiger partial charge in [-0.25, -0.2) is 9.69 Å². The van der Waals surface area contributed by atoms with Crippen molar-refractivity contribution in [2.75, 3.05) is 20.8 Å². The van der Waals surface area contributed by atoms with E-state index in [0.717, 1.165) is 16.0 Å². The number of hydrogen-bond acceptors (Lipinski definition) is 3. The van der Waals surface area contributed by atoms with Crippen molar-refractivity contribution in [1.82, 2.24) is 15.5 Å². The first-order valence-corrected chi connectivity index (χ1v) is 9.17. The highest BCUT2D eigenvalue weighted by Gasteiger charge is 2.49. The zero-order valence-corrected chi connectivity index (χ0v) is 16.3. The second-order valence-corrected chi connectivity index (χ2v) is 7.22. The molecule has 3 rings (SSSR count). The molecule has 2 aromatic rings. The van der Waals surface area contributed by atoms with Crippen LogP contribution in [0.5, 0.6) is 0 Å². The molecule has 1 saturated heterocycles. The summed E-state index contributed by atoms with van der Waals surface area (Å²) in [5.74, 6) is -0.384. The lowest BCUT2D eigenvalue weighted by atomic mass is 9.92. The normalized spacial score (nSPS) is 20.0. The smallest absolute Gasteiger partial charge is 0.329 e. The summed E-state index contributed by atoms with van der Waals surface area (Å²) in [6.45, 7) is 2.60. The van der Waals surface area contributed by atoms with Crippen LogP contribution < -0.4 is 15.5 Å². The average molecular weight is 381 g/mol. The van der Waals surface area contributed by atoms with E-state index in [1.807, 2.05) is 49.5 Å². The van der Waals surface area contributed by atoms with Crippen molar-refractivity contribution in [2.45, 2.75) is 19.0 Å². The molecule has 2 atom stereocenters. The molecule has 7 nitrogen and oxygen atoms in total. The van der Waals surface area contributed by atoms with Crippen LogP contribution in [0.4, 0.5) is 4.79 Å². The number of quaternary nitrogens is 1. The molecule has 1 aliphatic heterocycles. The van der Waals surface area contributed by atoms with Gasteiger partial charge in [-0.1, -0.05) is 42.5 Å². The number of hydrogen-bond donors (Lipinski definition) is 3. The van der Waals surface area contributed by atoms with Gasteiger partial charge in [-0.05, 0) is 24.6 Å². The molecular formula is C21H25N4O3+. The lowest BCUT2D eigenvalue weighted by Gasteiger charge is -2.23.